The number of rotatable bonds is 7. The van der Waals surface area contributed by atoms with Crippen LogP contribution in [0, 0.1) is 0 Å². The van der Waals surface area contributed by atoms with E-state index in [1.54, 1.807) is 0 Å². The van der Waals surface area contributed by atoms with E-state index in [1.807, 2.05) is 0 Å². The molecule has 0 aliphatic heterocycles. The molecule has 0 aromatic heterocycles. The summed E-state index contributed by atoms with van der Waals surface area (Å²) in [6.07, 6.45) is 1.88. The highest BCUT2D eigenvalue weighted by molar-refractivity contribution is 5.87. The van der Waals surface area contributed by atoms with Gasteiger partial charge in [0.25, 0.3) is 0 Å². The molecule has 0 atom stereocenters. The van der Waals surface area contributed by atoms with Gasteiger partial charge in [-0.1, -0.05) is 30.3 Å². The van der Waals surface area contributed by atoms with Gasteiger partial charge in [0, 0.05) is 12.1 Å². The largest absolute Gasteiger partial charge is 0.493 e. The lowest BCUT2D eigenvalue weighted by atomic mass is 10.0. The molecule has 108 valence electrons. The Morgan fingerprint density at radius 2 is 1.90 bits per heavy atom. The summed E-state index contributed by atoms with van der Waals surface area (Å²) in [6, 6.07) is 12.6. The SMILES string of the molecule is CN(C)CCCOc1ccc2ccccc2c1CCN. The lowest BCUT2D eigenvalue weighted by Gasteiger charge is -2.15. The van der Waals surface area contributed by atoms with Crippen LogP contribution < -0.4 is 10.5 Å². The summed E-state index contributed by atoms with van der Waals surface area (Å²) in [4.78, 5) is 2.17. The van der Waals surface area contributed by atoms with E-state index < -0.39 is 0 Å². The third-order valence-electron chi connectivity index (χ3n) is 3.40. The molecular formula is C17H24N2O. The molecule has 0 saturated carbocycles. The molecule has 0 heterocycles. The monoisotopic (exact) mass is 272 g/mol. The smallest absolute Gasteiger partial charge is 0.123 e. The summed E-state index contributed by atoms with van der Waals surface area (Å²) in [5.74, 6) is 0.980. The topological polar surface area (TPSA) is 38.5 Å². The van der Waals surface area contributed by atoms with Gasteiger partial charge in [0.2, 0.25) is 0 Å². The van der Waals surface area contributed by atoms with Crippen molar-refractivity contribution < 1.29 is 4.74 Å². The van der Waals surface area contributed by atoms with Crippen molar-refractivity contribution >= 4 is 10.8 Å². The fourth-order valence-electron chi connectivity index (χ4n) is 2.42. The van der Waals surface area contributed by atoms with Crippen molar-refractivity contribution in [2.24, 2.45) is 5.73 Å². The van der Waals surface area contributed by atoms with Gasteiger partial charge in [0.05, 0.1) is 6.61 Å². The molecule has 0 bridgehead atoms. The zero-order chi connectivity index (χ0) is 14.4. The summed E-state index contributed by atoms with van der Waals surface area (Å²) >= 11 is 0. The second-order valence-corrected chi connectivity index (χ2v) is 5.31. The minimum Gasteiger partial charge on any atom is -0.493 e. The normalized spacial score (nSPS) is 11.2. The quantitative estimate of drug-likeness (QED) is 0.788. The van der Waals surface area contributed by atoms with Crippen LogP contribution in [-0.2, 0) is 6.42 Å². The van der Waals surface area contributed by atoms with Gasteiger partial charge in [-0.3, -0.25) is 0 Å². The van der Waals surface area contributed by atoms with E-state index in [-0.39, 0.29) is 0 Å². The first-order valence-corrected chi connectivity index (χ1v) is 7.20. The molecule has 3 heteroatoms. The van der Waals surface area contributed by atoms with Crippen LogP contribution in [0.5, 0.6) is 5.75 Å². The summed E-state index contributed by atoms with van der Waals surface area (Å²) in [6.45, 7) is 2.43. The first kappa shape index (κ1) is 14.8. The average molecular weight is 272 g/mol. The highest BCUT2D eigenvalue weighted by Gasteiger charge is 2.08. The third-order valence-corrected chi connectivity index (χ3v) is 3.40. The maximum atomic E-state index is 5.97. The lowest BCUT2D eigenvalue weighted by Crippen LogP contribution is -2.16. The maximum Gasteiger partial charge on any atom is 0.123 e. The summed E-state index contributed by atoms with van der Waals surface area (Å²) in [5, 5.41) is 2.50. The van der Waals surface area contributed by atoms with E-state index in [2.05, 4.69) is 55.4 Å². The number of fused-ring (bicyclic) bond motifs is 1. The fraction of sp³-hybridized carbons (Fsp3) is 0.412. The predicted octanol–water partition coefficient (Wildman–Crippen LogP) is 2.67. The van der Waals surface area contributed by atoms with Crippen LogP contribution in [0.3, 0.4) is 0 Å². The van der Waals surface area contributed by atoms with Crippen molar-refractivity contribution in [1.82, 2.24) is 4.90 Å². The van der Waals surface area contributed by atoms with Crippen LogP contribution in [0.2, 0.25) is 0 Å². The molecule has 2 aromatic rings. The molecule has 0 spiro atoms. The minimum atomic E-state index is 0.641. The van der Waals surface area contributed by atoms with Gasteiger partial charge in [-0.05, 0) is 50.3 Å². The molecule has 0 saturated heterocycles. The molecule has 20 heavy (non-hydrogen) atoms. The molecule has 0 radical (unpaired) electrons. The fourth-order valence-corrected chi connectivity index (χ4v) is 2.42. The third kappa shape index (κ3) is 3.71. The Balaban J connectivity index is 2.17. The zero-order valence-corrected chi connectivity index (χ0v) is 12.4. The number of nitrogens with two attached hydrogens (primary N) is 1. The average Bonchev–Trinajstić information content (AvgIpc) is 2.45. The van der Waals surface area contributed by atoms with Crippen molar-refractivity contribution in [3.05, 3.63) is 42.0 Å². The molecule has 0 unspecified atom stereocenters. The van der Waals surface area contributed by atoms with Crippen LogP contribution in [0.1, 0.15) is 12.0 Å². The van der Waals surface area contributed by atoms with E-state index in [9.17, 15) is 0 Å². The van der Waals surface area contributed by atoms with Crippen molar-refractivity contribution in [1.29, 1.82) is 0 Å². The number of hydrogen-bond acceptors (Lipinski definition) is 3. The zero-order valence-electron chi connectivity index (χ0n) is 12.4. The molecule has 0 amide bonds. The first-order chi connectivity index (χ1) is 9.72. The highest BCUT2D eigenvalue weighted by atomic mass is 16.5. The number of hydrogen-bond donors (Lipinski definition) is 1. The van der Waals surface area contributed by atoms with Gasteiger partial charge in [-0.25, -0.2) is 0 Å². The lowest BCUT2D eigenvalue weighted by molar-refractivity contribution is 0.280. The minimum absolute atomic E-state index is 0.641. The van der Waals surface area contributed by atoms with E-state index >= 15 is 0 Å². The molecule has 2 N–H and O–H groups in total. The number of benzene rings is 2. The van der Waals surface area contributed by atoms with Gasteiger partial charge >= 0.3 is 0 Å². The van der Waals surface area contributed by atoms with Crippen molar-refractivity contribution in [2.45, 2.75) is 12.8 Å². The number of nitrogens with zero attached hydrogens (tertiary/aromatic N) is 1. The Hall–Kier alpha value is -1.58. The first-order valence-electron chi connectivity index (χ1n) is 7.20. The summed E-state index contributed by atoms with van der Waals surface area (Å²) < 4.78 is 5.97. The summed E-state index contributed by atoms with van der Waals surface area (Å²) in [7, 11) is 4.16. The van der Waals surface area contributed by atoms with E-state index in [0.29, 0.717) is 6.54 Å². The second kappa shape index (κ2) is 7.27. The molecule has 0 aliphatic rings. The van der Waals surface area contributed by atoms with Crippen LogP contribution >= 0.6 is 0 Å². The highest BCUT2D eigenvalue weighted by Crippen LogP contribution is 2.28. The van der Waals surface area contributed by atoms with Crippen molar-refractivity contribution in [3.63, 3.8) is 0 Å². The molecule has 2 rings (SSSR count). The van der Waals surface area contributed by atoms with Crippen LogP contribution in [0.15, 0.2) is 36.4 Å². The molecule has 2 aromatic carbocycles. The van der Waals surface area contributed by atoms with Gasteiger partial charge in [0.15, 0.2) is 0 Å². The second-order valence-electron chi connectivity index (χ2n) is 5.31. The van der Waals surface area contributed by atoms with Gasteiger partial charge in [0.1, 0.15) is 5.75 Å². The van der Waals surface area contributed by atoms with Crippen LogP contribution in [0.4, 0.5) is 0 Å². The standard InChI is InChI=1S/C17H24N2O/c1-19(2)12-5-13-20-17-9-8-14-6-3-4-7-15(14)16(17)10-11-18/h3-4,6-9H,5,10-13,18H2,1-2H3. The van der Waals surface area contributed by atoms with E-state index in [0.717, 1.165) is 31.7 Å². The molecule has 0 fully saturated rings. The molecule has 3 nitrogen and oxygen atoms in total. The van der Waals surface area contributed by atoms with E-state index in [1.165, 1.54) is 16.3 Å². The van der Waals surface area contributed by atoms with E-state index in [4.69, 9.17) is 10.5 Å². The Morgan fingerprint density at radius 1 is 1.10 bits per heavy atom. The maximum absolute atomic E-state index is 5.97. The van der Waals surface area contributed by atoms with Crippen LogP contribution in [0.25, 0.3) is 10.8 Å². The Morgan fingerprint density at radius 3 is 2.65 bits per heavy atom. The van der Waals surface area contributed by atoms with Gasteiger partial charge in [-0.15, -0.1) is 0 Å². The van der Waals surface area contributed by atoms with Crippen molar-refractivity contribution in [3.8, 4) is 5.75 Å². The van der Waals surface area contributed by atoms with Crippen molar-refractivity contribution in [2.75, 3.05) is 33.8 Å². The number of ether oxygens (including phenoxy) is 1. The Labute approximate surface area is 121 Å². The summed E-state index contributed by atoms with van der Waals surface area (Å²) in [5.41, 5.74) is 6.98. The molecule has 0 aliphatic carbocycles. The predicted molar refractivity (Wildman–Crippen MR) is 85.4 cm³/mol. The molecular weight excluding hydrogens is 248 g/mol. The van der Waals surface area contributed by atoms with Crippen LogP contribution in [-0.4, -0.2) is 38.7 Å². The van der Waals surface area contributed by atoms with Gasteiger partial charge < -0.3 is 15.4 Å². The Bertz CT molecular complexity index is 552. The Kier molecular flexibility index (Phi) is 5.39. The van der Waals surface area contributed by atoms with Gasteiger partial charge in [-0.2, -0.15) is 0 Å².